The Morgan fingerprint density at radius 3 is 2.74 bits per heavy atom. The molecule has 7 heteroatoms. The van der Waals surface area contributed by atoms with Crippen molar-refractivity contribution in [2.75, 3.05) is 5.32 Å². The number of aromatic nitrogens is 3. The lowest BCUT2D eigenvalue weighted by Gasteiger charge is -2.11. The average Bonchev–Trinajstić information content (AvgIpc) is 3.28. The van der Waals surface area contributed by atoms with Gasteiger partial charge < -0.3 is 14.6 Å². The maximum absolute atomic E-state index is 12.4. The number of benzene rings is 2. The summed E-state index contributed by atoms with van der Waals surface area (Å²) in [6.07, 6.45) is 3.94. The lowest BCUT2D eigenvalue weighted by Crippen LogP contribution is -2.13. The molecule has 0 fully saturated rings. The number of rotatable bonds is 8. The van der Waals surface area contributed by atoms with Crippen LogP contribution in [0.25, 0.3) is 11.4 Å². The fourth-order valence-electron chi connectivity index (χ4n) is 3.01. The van der Waals surface area contributed by atoms with E-state index in [2.05, 4.69) is 20.4 Å². The molecule has 0 aliphatic rings. The number of nitrogens with zero attached hydrogens (tertiary/aromatic N) is 3. The highest BCUT2D eigenvalue weighted by atomic mass is 16.5. The monoisotopic (exact) mass is 414 g/mol. The molecule has 0 saturated carbocycles. The normalized spacial score (nSPS) is 10.6. The summed E-state index contributed by atoms with van der Waals surface area (Å²) in [5, 5.41) is 6.87. The zero-order valence-electron chi connectivity index (χ0n) is 17.1. The van der Waals surface area contributed by atoms with E-state index < -0.39 is 0 Å². The van der Waals surface area contributed by atoms with Gasteiger partial charge in [0.05, 0.1) is 0 Å². The largest absolute Gasteiger partial charge is 0.489 e. The Kier molecular flexibility index (Phi) is 6.32. The number of pyridine rings is 1. The van der Waals surface area contributed by atoms with Gasteiger partial charge in [-0.1, -0.05) is 35.5 Å². The van der Waals surface area contributed by atoms with Crippen molar-refractivity contribution >= 4 is 11.6 Å². The molecule has 2 heterocycles. The van der Waals surface area contributed by atoms with Gasteiger partial charge in [0.1, 0.15) is 12.4 Å². The predicted octanol–water partition coefficient (Wildman–Crippen LogP) is 4.59. The van der Waals surface area contributed by atoms with E-state index in [-0.39, 0.29) is 12.3 Å². The van der Waals surface area contributed by atoms with Crippen LogP contribution in [0, 0.1) is 6.92 Å². The summed E-state index contributed by atoms with van der Waals surface area (Å²) in [6, 6.07) is 19.2. The number of carbonyl (C=O) groups excluding carboxylic acids is 1. The Labute approximate surface area is 180 Å². The number of anilines is 1. The van der Waals surface area contributed by atoms with Crippen LogP contribution >= 0.6 is 0 Å². The van der Waals surface area contributed by atoms with Crippen LogP contribution in [0.4, 0.5) is 5.69 Å². The molecule has 0 aliphatic carbocycles. The first kappa shape index (κ1) is 20.3. The van der Waals surface area contributed by atoms with Crippen molar-refractivity contribution in [3.05, 3.63) is 90.1 Å². The van der Waals surface area contributed by atoms with Crippen LogP contribution in [-0.2, 0) is 17.8 Å². The van der Waals surface area contributed by atoms with Gasteiger partial charge in [-0.25, -0.2) is 0 Å². The van der Waals surface area contributed by atoms with Crippen LogP contribution in [-0.4, -0.2) is 21.0 Å². The van der Waals surface area contributed by atoms with E-state index in [4.69, 9.17) is 9.26 Å². The van der Waals surface area contributed by atoms with Crippen molar-refractivity contribution in [1.29, 1.82) is 0 Å². The summed E-state index contributed by atoms with van der Waals surface area (Å²) >= 11 is 0. The van der Waals surface area contributed by atoms with Gasteiger partial charge in [-0.05, 0) is 48.4 Å². The minimum absolute atomic E-state index is 0.123. The quantitative estimate of drug-likeness (QED) is 0.453. The first-order valence-electron chi connectivity index (χ1n) is 9.97. The Morgan fingerprint density at radius 1 is 1.10 bits per heavy atom. The molecule has 4 aromatic rings. The van der Waals surface area contributed by atoms with Gasteiger partial charge in [-0.2, -0.15) is 4.98 Å². The highest BCUT2D eigenvalue weighted by molar-refractivity contribution is 5.91. The van der Waals surface area contributed by atoms with Gasteiger partial charge in [0.25, 0.3) is 0 Å². The topological polar surface area (TPSA) is 90.1 Å². The Balaban J connectivity index is 1.29. The molecule has 0 unspecified atom stereocenters. The molecule has 0 atom stereocenters. The molecule has 0 bridgehead atoms. The number of hydrogen-bond donors (Lipinski definition) is 1. The van der Waals surface area contributed by atoms with Crippen LogP contribution < -0.4 is 10.1 Å². The second-order valence-corrected chi connectivity index (χ2v) is 7.05. The summed E-state index contributed by atoms with van der Waals surface area (Å²) in [5.41, 5.74) is 3.55. The van der Waals surface area contributed by atoms with Gasteiger partial charge in [0.2, 0.25) is 17.6 Å². The molecule has 31 heavy (non-hydrogen) atoms. The molecule has 0 spiro atoms. The predicted molar refractivity (Wildman–Crippen MR) is 116 cm³/mol. The zero-order chi connectivity index (χ0) is 21.5. The third-order valence-electron chi connectivity index (χ3n) is 4.67. The molecular formula is C24H22N4O3. The zero-order valence-corrected chi connectivity index (χ0v) is 17.1. The molecule has 7 nitrogen and oxygen atoms in total. The standard InChI is InChI=1S/C24H22N4O3/c1-17-14-20(30-16-18-6-3-2-4-7-18)9-10-21(17)26-22(29)11-12-23-27-24(28-31-23)19-8-5-13-25-15-19/h2-10,13-15H,11-12,16H2,1H3,(H,26,29). The number of hydrogen-bond acceptors (Lipinski definition) is 6. The molecule has 2 aromatic carbocycles. The second kappa shape index (κ2) is 9.67. The number of amides is 1. The Bertz CT molecular complexity index is 1140. The summed E-state index contributed by atoms with van der Waals surface area (Å²) < 4.78 is 11.1. The van der Waals surface area contributed by atoms with Crippen LogP contribution in [0.15, 0.2) is 77.6 Å². The van der Waals surface area contributed by atoms with Crippen LogP contribution in [0.5, 0.6) is 5.75 Å². The molecule has 1 N–H and O–H groups in total. The number of ether oxygens (including phenoxy) is 1. The summed E-state index contributed by atoms with van der Waals surface area (Å²) in [7, 11) is 0. The number of carbonyl (C=O) groups is 1. The van der Waals surface area contributed by atoms with Crippen molar-refractivity contribution in [3.8, 4) is 17.1 Å². The minimum atomic E-state index is -0.123. The van der Waals surface area contributed by atoms with Crippen molar-refractivity contribution in [2.24, 2.45) is 0 Å². The summed E-state index contributed by atoms with van der Waals surface area (Å²) in [6.45, 7) is 2.43. The van der Waals surface area contributed by atoms with E-state index in [1.165, 1.54) is 0 Å². The highest BCUT2D eigenvalue weighted by Crippen LogP contribution is 2.22. The van der Waals surface area contributed by atoms with Crippen LogP contribution in [0.1, 0.15) is 23.4 Å². The first-order valence-corrected chi connectivity index (χ1v) is 9.97. The molecule has 4 rings (SSSR count). The second-order valence-electron chi connectivity index (χ2n) is 7.05. The van der Waals surface area contributed by atoms with Crippen LogP contribution in [0.3, 0.4) is 0 Å². The highest BCUT2D eigenvalue weighted by Gasteiger charge is 2.12. The molecule has 1 amide bonds. The lowest BCUT2D eigenvalue weighted by atomic mass is 10.1. The molecule has 0 radical (unpaired) electrons. The molecule has 0 saturated heterocycles. The fourth-order valence-corrected chi connectivity index (χ4v) is 3.01. The van der Waals surface area contributed by atoms with Crippen molar-refractivity contribution in [3.63, 3.8) is 0 Å². The van der Waals surface area contributed by atoms with E-state index in [0.717, 1.165) is 28.1 Å². The summed E-state index contributed by atoms with van der Waals surface area (Å²) in [5.74, 6) is 1.51. The Hall–Kier alpha value is -4.00. The van der Waals surface area contributed by atoms with Gasteiger partial charge in [-0.3, -0.25) is 9.78 Å². The average molecular weight is 414 g/mol. The van der Waals surface area contributed by atoms with E-state index >= 15 is 0 Å². The van der Waals surface area contributed by atoms with E-state index in [1.807, 2.05) is 61.5 Å². The molecule has 156 valence electrons. The molecular weight excluding hydrogens is 392 g/mol. The van der Waals surface area contributed by atoms with Gasteiger partial charge in [0, 0.05) is 36.5 Å². The van der Waals surface area contributed by atoms with Crippen molar-refractivity contribution in [1.82, 2.24) is 15.1 Å². The smallest absolute Gasteiger partial charge is 0.227 e. The van der Waals surface area contributed by atoms with E-state index in [1.54, 1.807) is 18.5 Å². The van der Waals surface area contributed by atoms with Gasteiger partial charge in [-0.15, -0.1) is 0 Å². The van der Waals surface area contributed by atoms with Gasteiger partial charge >= 0.3 is 0 Å². The maximum Gasteiger partial charge on any atom is 0.227 e. The SMILES string of the molecule is Cc1cc(OCc2ccccc2)ccc1NC(=O)CCc1nc(-c2cccnc2)no1. The lowest BCUT2D eigenvalue weighted by molar-refractivity contribution is -0.116. The molecule has 2 aromatic heterocycles. The first-order chi connectivity index (χ1) is 15.2. The fraction of sp³-hybridized carbons (Fsp3) is 0.167. The van der Waals surface area contributed by atoms with Gasteiger partial charge in [0.15, 0.2) is 0 Å². The van der Waals surface area contributed by atoms with Crippen LogP contribution in [0.2, 0.25) is 0 Å². The van der Waals surface area contributed by atoms with Crippen molar-refractivity contribution in [2.45, 2.75) is 26.4 Å². The van der Waals surface area contributed by atoms with Crippen molar-refractivity contribution < 1.29 is 14.1 Å². The number of aryl methyl sites for hydroxylation is 2. The number of nitrogens with one attached hydrogen (secondary N) is 1. The van der Waals surface area contributed by atoms with E-state index in [9.17, 15) is 4.79 Å². The molecule has 0 aliphatic heterocycles. The maximum atomic E-state index is 12.4. The minimum Gasteiger partial charge on any atom is -0.489 e. The van der Waals surface area contributed by atoms with E-state index in [0.29, 0.717) is 24.7 Å². The summed E-state index contributed by atoms with van der Waals surface area (Å²) in [4.78, 5) is 20.7. The third-order valence-corrected chi connectivity index (χ3v) is 4.67. The Morgan fingerprint density at radius 2 is 1.97 bits per heavy atom. The third kappa shape index (κ3) is 5.54.